The van der Waals surface area contributed by atoms with Crippen LogP contribution in [-0.4, -0.2) is 28.2 Å². The van der Waals surface area contributed by atoms with Crippen LogP contribution in [0, 0.1) is 13.8 Å². The third-order valence-corrected chi connectivity index (χ3v) is 5.76. The number of likely N-dealkylation sites (tertiary alicyclic amines) is 1. The zero-order valence-electron chi connectivity index (χ0n) is 14.7. The Balaban J connectivity index is 1.44. The first-order chi connectivity index (χ1) is 12.2. The standard InChI is InChI=1S/C20H23N3OS/c1-14-5-8-16(9-6-14)12-23-11-3-4-17(13-23)19-21-22-20(24-19)18-10-7-15(2)25-18/h5-10,17H,3-4,11-13H2,1-2H3/t17-/m0/s1. The van der Waals surface area contributed by atoms with Gasteiger partial charge in [-0.15, -0.1) is 21.5 Å². The molecule has 1 atom stereocenters. The molecule has 1 saturated heterocycles. The molecule has 0 radical (unpaired) electrons. The van der Waals surface area contributed by atoms with Gasteiger partial charge in [0.1, 0.15) is 0 Å². The van der Waals surface area contributed by atoms with Crippen molar-refractivity contribution in [3.05, 3.63) is 58.3 Å². The number of benzene rings is 1. The van der Waals surface area contributed by atoms with Crippen molar-refractivity contribution >= 4 is 11.3 Å². The number of nitrogens with zero attached hydrogens (tertiary/aromatic N) is 3. The summed E-state index contributed by atoms with van der Waals surface area (Å²) in [7, 11) is 0. The van der Waals surface area contributed by atoms with Gasteiger partial charge in [0.2, 0.25) is 5.89 Å². The predicted octanol–water partition coefficient (Wildman–Crippen LogP) is 4.79. The molecule has 0 bridgehead atoms. The zero-order chi connectivity index (χ0) is 17.2. The van der Waals surface area contributed by atoms with Gasteiger partial charge in [0.05, 0.1) is 10.8 Å². The minimum Gasteiger partial charge on any atom is -0.420 e. The van der Waals surface area contributed by atoms with Crippen LogP contribution >= 0.6 is 11.3 Å². The van der Waals surface area contributed by atoms with E-state index in [1.165, 1.54) is 22.4 Å². The number of hydrogen-bond acceptors (Lipinski definition) is 5. The molecule has 0 amide bonds. The molecule has 130 valence electrons. The van der Waals surface area contributed by atoms with Crippen LogP contribution in [0.25, 0.3) is 10.8 Å². The molecule has 5 heteroatoms. The summed E-state index contributed by atoms with van der Waals surface area (Å²) in [6.45, 7) is 7.33. The summed E-state index contributed by atoms with van der Waals surface area (Å²) in [5, 5.41) is 8.61. The number of aryl methyl sites for hydroxylation is 2. The Hall–Kier alpha value is -1.98. The van der Waals surface area contributed by atoms with Gasteiger partial charge in [-0.25, -0.2) is 0 Å². The van der Waals surface area contributed by atoms with Crippen molar-refractivity contribution in [3.8, 4) is 10.8 Å². The molecule has 1 aromatic carbocycles. The van der Waals surface area contributed by atoms with Gasteiger partial charge in [0, 0.05) is 18.0 Å². The summed E-state index contributed by atoms with van der Waals surface area (Å²) in [5.41, 5.74) is 2.68. The Morgan fingerprint density at radius 2 is 1.96 bits per heavy atom. The second-order valence-corrected chi connectivity index (χ2v) is 8.20. The molecule has 0 unspecified atom stereocenters. The predicted molar refractivity (Wildman–Crippen MR) is 101 cm³/mol. The van der Waals surface area contributed by atoms with E-state index in [9.17, 15) is 0 Å². The third-order valence-electron chi connectivity index (χ3n) is 4.77. The summed E-state index contributed by atoms with van der Waals surface area (Å²) >= 11 is 1.70. The van der Waals surface area contributed by atoms with E-state index >= 15 is 0 Å². The maximum absolute atomic E-state index is 6.00. The van der Waals surface area contributed by atoms with Gasteiger partial charge in [-0.2, -0.15) is 0 Å². The van der Waals surface area contributed by atoms with Gasteiger partial charge in [-0.3, -0.25) is 4.90 Å². The van der Waals surface area contributed by atoms with E-state index in [0.29, 0.717) is 11.8 Å². The van der Waals surface area contributed by atoms with Crippen LogP contribution in [-0.2, 0) is 6.54 Å². The van der Waals surface area contributed by atoms with Crippen molar-refractivity contribution in [2.45, 2.75) is 39.2 Å². The highest BCUT2D eigenvalue weighted by atomic mass is 32.1. The smallest absolute Gasteiger partial charge is 0.257 e. The highest BCUT2D eigenvalue weighted by Gasteiger charge is 2.26. The molecular formula is C20H23N3OS. The van der Waals surface area contributed by atoms with E-state index < -0.39 is 0 Å². The summed E-state index contributed by atoms with van der Waals surface area (Å²) in [4.78, 5) is 4.82. The normalized spacial score (nSPS) is 18.6. The number of aromatic nitrogens is 2. The van der Waals surface area contributed by atoms with Crippen LogP contribution in [0.5, 0.6) is 0 Å². The molecule has 4 nitrogen and oxygen atoms in total. The Kier molecular flexibility index (Phi) is 4.68. The highest BCUT2D eigenvalue weighted by Crippen LogP contribution is 2.31. The van der Waals surface area contributed by atoms with Crippen LogP contribution in [0.15, 0.2) is 40.8 Å². The number of hydrogen-bond donors (Lipinski definition) is 0. The van der Waals surface area contributed by atoms with Gasteiger partial charge < -0.3 is 4.42 Å². The minimum absolute atomic E-state index is 0.335. The largest absolute Gasteiger partial charge is 0.420 e. The summed E-state index contributed by atoms with van der Waals surface area (Å²) < 4.78 is 6.00. The van der Waals surface area contributed by atoms with E-state index in [-0.39, 0.29) is 0 Å². The van der Waals surface area contributed by atoms with Crippen molar-refractivity contribution in [3.63, 3.8) is 0 Å². The molecule has 3 aromatic rings. The lowest BCUT2D eigenvalue weighted by molar-refractivity contribution is 0.186. The van der Waals surface area contributed by atoms with Crippen LogP contribution in [0.2, 0.25) is 0 Å². The second kappa shape index (κ2) is 7.10. The number of thiophene rings is 1. The van der Waals surface area contributed by atoms with Crippen molar-refractivity contribution in [2.24, 2.45) is 0 Å². The average Bonchev–Trinajstić information content (AvgIpc) is 3.26. The van der Waals surface area contributed by atoms with Crippen molar-refractivity contribution in [1.29, 1.82) is 0 Å². The summed E-state index contributed by atoms with van der Waals surface area (Å²) in [6, 6.07) is 13.0. The molecule has 1 aliphatic heterocycles. The summed E-state index contributed by atoms with van der Waals surface area (Å²) in [6.07, 6.45) is 2.29. The van der Waals surface area contributed by atoms with Crippen molar-refractivity contribution in [2.75, 3.05) is 13.1 Å². The fraction of sp³-hybridized carbons (Fsp3) is 0.400. The number of piperidine rings is 1. The molecule has 0 aliphatic carbocycles. The van der Waals surface area contributed by atoms with E-state index in [1.54, 1.807) is 11.3 Å². The fourth-order valence-corrected chi connectivity index (χ4v) is 4.19. The van der Waals surface area contributed by atoms with Gasteiger partial charge in [0.25, 0.3) is 5.89 Å². The molecule has 3 heterocycles. The lowest BCUT2D eigenvalue weighted by Crippen LogP contribution is -2.34. The van der Waals surface area contributed by atoms with Gasteiger partial charge in [0.15, 0.2) is 0 Å². The summed E-state index contributed by atoms with van der Waals surface area (Å²) in [5.74, 6) is 1.78. The first-order valence-electron chi connectivity index (χ1n) is 8.85. The minimum atomic E-state index is 0.335. The van der Waals surface area contributed by atoms with E-state index in [2.05, 4.69) is 65.3 Å². The van der Waals surface area contributed by atoms with E-state index in [4.69, 9.17) is 4.42 Å². The molecule has 2 aromatic heterocycles. The third kappa shape index (κ3) is 3.83. The van der Waals surface area contributed by atoms with E-state index in [1.807, 2.05) is 0 Å². The lowest BCUT2D eigenvalue weighted by Gasteiger charge is -2.31. The Labute approximate surface area is 152 Å². The topological polar surface area (TPSA) is 42.2 Å². The Morgan fingerprint density at radius 1 is 1.12 bits per heavy atom. The first-order valence-corrected chi connectivity index (χ1v) is 9.67. The number of rotatable bonds is 4. The Bertz CT molecular complexity index is 837. The molecule has 0 saturated carbocycles. The molecule has 4 rings (SSSR count). The van der Waals surface area contributed by atoms with Crippen LogP contribution in [0.4, 0.5) is 0 Å². The SMILES string of the molecule is Cc1ccc(CN2CCC[C@H](c3nnc(-c4ccc(C)s4)o3)C2)cc1. The molecule has 25 heavy (non-hydrogen) atoms. The van der Waals surface area contributed by atoms with Crippen molar-refractivity contribution in [1.82, 2.24) is 15.1 Å². The molecule has 0 N–H and O–H groups in total. The average molecular weight is 353 g/mol. The van der Waals surface area contributed by atoms with Crippen molar-refractivity contribution < 1.29 is 4.42 Å². The monoisotopic (exact) mass is 353 g/mol. The lowest BCUT2D eigenvalue weighted by atomic mass is 9.97. The molecule has 0 spiro atoms. The second-order valence-electron chi connectivity index (χ2n) is 6.92. The maximum Gasteiger partial charge on any atom is 0.257 e. The van der Waals surface area contributed by atoms with E-state index in [0.717, 1.165) is 36.8 Å². The fourth-order valence-electron chi connectivity index (χ4n) is 3.40. The molecular weight excluding hydrogens is 330 g/mol. The first kappa shape index (κ1) is 16.5. The highest BCUT2D eigenvalue weighted by molar-refractivity contribution is 7.15. The molecule has 1 fully saturated rings. The van der Waals surface area contributed by atoms with Crippen LogP contribution in [0.1, 0.15) is 40.7 Å². The maximum atomic E-state index is 6.00. The van der Waals surface area contributed by atoms with Crippen LogP contribution in [0.3, 0.4) is 0 Å². The zero-order valence-corrected chi connectivity index (χ0v) is 15.6. The Morgan fingerprint density at radius 3 is 2.72 bits per heavy atom. The van der Waals surface area contributed by atoms with Gasteiger partial charge >= 0.3 is 0 Å². The molecule has 1 aliphatic rings. The van der Waals surface area contributed by atoms with Gasteiger partial charge in [-0.05, 0) is 50.9 Å². The van der Waals surface area contributed by atoms with Crippen LogP contribution < -0.4 is 0 Å². The quantitative estimate of drug-likeness (QED) is 0.676. The van der Waals surface area contributed by atoms with Gasteiger partial charge in [-0.1, -0.05) is 29.8 Å².